The van der Waals surface area contributed by atoms with Gasteiger partial charge >= 0.3 is 11.9 Å². The van der Waals surface area contributed by atoms with E-state index in [2.05, 4.69) is 54.5 Å². The Morgan fingerprint density at radius 2 is 1.34 bits per heavy atom. The summed E-state index contributed by atoms with van der Waals surface area (Å²) in [6.45, 7) is 20.6. The molecule has 0 aromatic heterocycles. The molecule has 22 atom stereocenters. The van der Waals surface area contributed by atoms with Crippen LogP contribution in [0.1, 0.15) is 133 Å². The number of hydrogen-bond acceptors (Lipinski definition) is 17. The first-order valence-electron chi connectivity index (χ1n) is 25.4. The van der Waals surface area contributed by atoms with E-state index in [9.17, 15) is 50.4 Å². The van der Waals surface area contributed by atoms with Crippen molar-refractivity contribution in [3.8, 4) is 0 Å². The van der Waals surface area contributed by atoms with E-state index in [4.69, 9.17) is 33.2 Å². The summed E-state index contributed by atoms with van der Waals surface area (Å²) < 4.78 is 41.8. The largest absolute Gasteiger partial charge is 0.456 e. The highest BCUT2D eigenvalue weighted by Gasteiger charge is 2.71. The lowest BCUT2D eigenvalue weighted by molar-refractivity contribution is -0.362. The van der Waals surface area contributed by atoms with Gasteiger partial charge in [-0.05, 0) is 115 Å². The summed E-state index contributed by atoms with van der Waals surface area (Å²) in [5.74, 6) is -0.931. The van der Waals surface area contributed by atoms with Crippen molar-refractivity contribution in [1.29, 1.82) is 0 Å². The number of rotatable bonds is 9. The van der Waals surface area contributed by atoms with Crippen LogP contribution in [0.4, 0.5) is 0 Å². The van der Waals surface area contributed by atoms with Gasteiger partial charge in [-0.25, -0.2) is 0 Å². The molecule has 388 valence electrons. The molecule has 0 bridgehead atoms. The average molecular weight is 967 g/mol. The predicted octanol–water partition coefficient (Wildman–Crippen LogP) is 3.01. The highest BCUT2D eigenvalue weighted by Crippen LogP contribution is 2.76. The molecular formula is C51H82O17. The highest BCUT2D eigenvalue weighted by atomic mass is 16.8. The van der Waals surface area contributed by atoms with Gasteiger partial charge in [0, 0.05) is 6.42 Å². The minimum atomic E-state index is -1.66. The van der Waals surface area contributed by atoms with Gasteiger partial charge in [-0.15, -0.1) is 0 Å². The Morgan fingerprint density at radius 1 is 0.691 bits per heavy atom. The first kappa shape index (κ1) is 52.5. The predicted molar refractivity (Wildman–Crippen MR) is 241 cm³/mol. The van der Waals surface area contributed by atoms with Crippen molar-refractivity contribution in [2.24, 2.45) is 56.2 Å². The second-order valence-corrected chi connectivity index (χ2v) is 24.8. The fourth-order valence-corrected chi connectivity index (χ4v) is 15.2. The van der Waals surface area contributed by atoms with E-state index in [1.807, 2.05) is 13.8 Å². The third-order valence-corrected chi connectivity index (χ3v) is 19.2. The number of hydrogen-bond donors (Lipinski definition) is 8. The van der Waals surface area contributed by atoms with Crippen molar-refractivity contribution in [1.82, 2.24) is 0 Å². The Bertz CT molecular complexity index is 1890. The van der Waals surface area contributed by atoms with E-state index in [-0.39, 0.29) is 65.0 Å². The van der Waals surface area contributed by atoms with E-state index in [1.54, 1.807) is 6.92 Å². The van der Waals surface area contributed by atoms with E-state index in [1.165, 1.54) is 5.57 Å². The van der Waals surface area contributed by atoms with Crippen LogP contribution >= 0.6 is 0 Å². The molecule has 0 spiro atoms. The maximum Gasteiger partial charge on any atom is 0.315 e. The van der Waals surface area contributed by atoms with E-state index in [0.717, 1.165) is 38.5 Å². The van der Waals surface area contributed by atoms with Crippen LogP contribution in [0.5, 0.6) is 0 Å². The second kappa shape index (κ2) is 18.6. The molecule has 17 nitrogen and oxygen atoms in total. The third-order valence-electron chi connectivity index (χ3n) is 19.2. The first-order chi connectivity index (χ1) is 31.6. The number of esters is 2. The van der Waals surface area contributed by atoms with Gasteiger partial charge in [0.15, 0.2) is 24.8 Å². The minimum Gasteiger partial charge on any atom is -0.456 e. The summed E-state index contributed by atoms with van der Waals surface area (Å²) in [5.41, 5.74) is -1.22. The fourth-order valence-electron chi connectivity index (χ4n) is 15.2. The summed E-state index contributed by atoms with van der Waals surface area (Å²) in [7, 11) is 0. The maximum atomic E-state index is 15.0. The van der Waals surface area contributed by atoms with Crippen LogP contribution in [0, 0.1) is 56.2 Å². The van der Waals surface area contributed by atoms with Gasteiger partial charge in [0.2, 0.25) is 6.29 Å². The molecule has 3 aliphatic heterocycles. The van der Waals surface area contributed by atoms with Gasteiger partial charge in [-0.3, -0.25) is 9.59 Å². The second-order valence-electron chi connectivity index (χ2n) is 24.8. The van der Waals surface area contributed by atoms with Gasteiger partial charge in [-0.2, -0.15) is 0 Å². The molecule has 0 aromatic rings. The van der Waals surface area contributed by atoms with Crippen LogP contribution in [0.25, 0.3) is 0 Å². The van der Waals surface area contributed by atoms with E-state index < -0.39 is 115 Å². The molecule has 8 N–H and O–H groups in total. The van der Waals surface area contributed by atoms with Crippen LogP contribution < -0.4 is 0 Å². The van der Waals surface area contributed by atoms with Crippen molar-refractivity contribution in [3.05, 3.63) is 11.6 Å². The van der Waals surface area contributed by atoms with E-state index >= 15 is 0 Å². The highest BCUT2D eigenvalue weighted by molar-refractivity contribution is 5.79. The maximum absolute atomic E-state index is 15.0. The number of carbonyl (C=O) groups is 2. The third kappa shape index (κ3) is 8.64. The normalized spacial score (nSPS) is 51.0. The van der Waals surface area contributed by atoms with Crippen LogP contribution in [0.15, 0.2) is 11.6 Å². The van der Waals surface area contributed by atoms with Gasteiger partial charge in [0.25, 0.3) is 0 Å². The van der Waals surface area contributed by atoms with Crippen molar-refractivity contribution < 1.29 is 83.6 Å². The molecule has 3 saturated heterocycles. The smallest absolute Gasteiger partial charge is 0.315 e. The standard InChI is InChI=1S/C51H82O17/c1-24(2)19-33(55)65-39-34(56)25(3)64-43(38(39)60)68-45(61)51-17-15-46(4,5)20-27(51)26-11-12-32-48(8)21-28(52)41(47(6,7)31(48)13-14-50(32,10)49(26,9)16-18-51)67-44-40(36(58)30(54)23-63-44)66-42-37(59)35(57)29(53)22-62-42/h11,24-25,27-32,34-44,52-54,56-60H,12-23H2,1-10H3/t25-,27-,28+,29+,30+,31-,32+,34-,35-,36-,37+,38+,39+,40+,41-,42-,43-,44-,48-,49+,50+,51-/m0/s1. The Balaban J connectivity index is 1.04. The molecule has 4 saturated carbocycles. The molecule has 0 radical (unpaired) electrons. The zero-order valence-electron chi connectivity index (χ0n) is 41.8. The molecule has 7 fully saturated rings. The molecule has 8 rings (SSSR count). The van der Waals surface area contributed by atoms with Gasteiger partial charge in [-0.1, -0.05) is 74.0 Å². The molecule has 3 heterocycles. The summed E-state index contributed by atoms with van der Waals surface area (Å²) in [6, 6.07) is 0. The van der Waals surface area contributed by atoms with Crippen LogP contribution in [-0.4, -0.2) is 158 Å². The molecular weight excluding hydrogens is 885 g/mol. The number of ether oxygens (including phenoxy) is 7. The van der Waals surface area contributed by atoms with Crippen LogP contribution in [0.2, 0.25) is 0 Å². The summed E-state index contributed by atoms with van der Waals surface area (Å²) in [5, 5.41) is 87.5. The summed E-state index contributed by atoms with van der Waals surface area (Å²) in [4.78, 5) is 27.7. The number of allylic oxidation sites excluding steroid dienone is 2. The van der Waals surface area contributed by atoms with Crippen molar-refractivity contribution in [3.63, 3.8) is 0 Å². The average Bonchev–Trinajstić information content (AvgIpc) is 3.24. The van der Waals surface area contributed by atoms with Crippen molar-refractivity contribution in [2.45, 2.75) is 226 Å². The fraction of sp³-hybridized carbons (Fsp3) is 0.922. The van der Waals surface area contributed by atoms with Gasteiger partial charge in [0.1, 0.15) is 42.7 Å². The number of aliphatic hydroxyl groups is 8. The van der Waals surface area contributed by atoms with Crippen molar-refractivity contribution in [2.75, 3.05) is 13.2 Å². The molecule has 68 heavy (non-hydrogen) atoms. The Hall–Kier alpha value is -1.84. The first-order valence-corrected chi connectivity index (χ1v) is 25.4. The Kier molecular flexibility index (Phi) is 14.3. The van der Waals surface area contributed by atoms with E-state index in [0.29, 0.717) is 19.3 Å². The van der Waals surface area contributed by atoms with Crippen molar-refractivity contribution >= 4 is 11.9 Å². The minimum absolute atomic E-state index is 0.00491. The lowest BCUT2D eigenvalue weighted by Gasteiger charge is -2.71. The number of fused-ring (bicyclic) bond motifs is 7. The summed E-state index contributed by atoms with van der Waals surface area (Å²) in [6.07, 6.45) is -11.0. The molecule has 17 heteroatoms. The van der Waals surface area contributed by atoms with Gasteiger partial charge in [0.05, 0.1) is 36.9 Å². The topological polar surface area (TPSA) is 261 Å². The Morgan fingerprint density at radius 3 is 2.01 bits per heavy atom. The number of carbonyl (C=O) groups excluding carboxylic acids is 2. The molecule has 0 unspecified atom stereocenters. The lowest BCUT2D eigenvalue weighted by atomic mass is 9.33. The number of aliphatic hydroxyl groups excluding tert-OH is 8. The van der Waals surface area contributed by atoms with Gasteiger partial charge < -0.3 is 74.0 Å². The lowest BCUT2D eigenvalue weighted by Crippen LogP contribution is -2.68. The SMILES string of the molecule is CC(C)CC(=O)O[C@@H]1[C@@H](O)[C@H](C)O[C@@H](OC(=O)[C@]23CCC(C)(C)C[C@H]2C2=CC[C@@H]4[C@@]5(C)C[C@@H](O)[C@H](O[C@@H]6OC[C@@H](O)[C@H](O)[C@H]6O[C@@H]6OC[C@@H](O)[C@H](O)[C@H]6O)C(C)(C)[C@@H]5CC[C@@]4(C)[C@]2(C)CC3)[C@@H]1O. The monoisotopic (exact) mass is 967 g/mol. The van der Waals surface area contributed by atoms with Crippen LogP contribution in [0.3, 0.4) is 0 Å². The quantitative estimate of drug-likeness (QED) is 0.0939. The zero-order chi connectivity index (χ0) is 49.8. The zero-order valence-corrected chi connectivity index (χ0v) is 41.8. The van der Waals surface area contributed by atoms with Crippen LogP contribution in [-0.2, 0) is 42.7 Å². The molecule has 5 aliphatic carbocycles. The molecule has 0 amide bonds. The molecule has 8 aliphatic rings. The Labute approximate surface area is 401 Å². The molecule has 0 aromatic carbocycles. The summed E-state index contributed by atoms with van der Waals surface area (Å²) >= 11 is 0.